The molecule has 0 radical (unpaired) electrons. The number of carbonyl (C=O) groups excluding carboxylic acids is 1. The molecule has 1 aromatic carbocycles. The van der Waals surface area contributed by atoms with E-state index in [9.17, 15) is 4.79 Å². The Labute approximate surface area is 69.0 Å². The van der Waals surface area contributed by atoms with Crippen molar-refractivity contribution in [1.29, 1.82) is 0 Å². The molecule has 11 heavy (non-hydrogen) atoms. The van der Waals surface area contributed by atoms with Crippen LogP contribution in [0.25, 0.3) is 0 Å². The van der Waals surface area contributed by atoms with Gasteiger partial charge in [0.15, 0.2) is 5.78 Å². The van der Waals surface area contributed by atoms with Crippen molar-refractivity contribution in [3.05, 3.63) is 29.8 Å². The molecule has 0 saturated heterocycles. The topological polar surface area (TPSA) is 17.1 Å². The first-order chi connectivity index (χ1) is 5.25. The van der Waals surface area contributed by atoms with Gasteiger partial charge < -0.3 is 0 Å². The smallest absolute Gasteiger partial charge is 0.163 e. The van der Waals surface area contributed by atoms with Gasteiger partial charge in [0.1, 0.15) is 0 Å². The van der Waals surface area contributed by atoms with Crippen LogP contribution in [0.3, 0.4) is 0 Å². The minimum absolute atomic E-state index is 0.204. The third kappa shape index (κ3) is 1.87. The number of benzene rings is 1. The van der Waals surface area contributed by atoms with E-state index >= 15 is 0 Å². The van der Waals surface area contributed by atoms with Crippen molar-refractivity contribution in [2.75, 3.05) is 0 Å². The molecule has 0 aliphatic heterocycles. The summed E-state index contributed by atoms with van der Waals surface area (Å²) < 4.78 is 0. The van der Waals surface area contributed by atoms with Crippen molar-refractivity contribution < 1.29 is 4.79 Å². The van der Waals surface area contributed by atoms with Gasteiger partial charge in [0.2, 0.25) is 0 Å². The molecule has 2 heteroatoms. The molecule has 0 fully saturated rings. The van der Waals surface area contributed by atoms with Gasteiger partial charge in [-0.3, -0.25) is 4.79 Å². The number of hydrogen-bond donors (Lipinski definition) is 0. The van der Waals surface area contributed by atoms with Crippen LogP contribution in [0.1, 0.15) is 23.7 Å². The van der Waals surface area contributed by atoms with Crippen molar-refractivity contribution in [1.82, 2.24) is 0 Å². The SMILES string of the molecule is CCC(=O)c1ccccc1P. The molecule has 0 aliphatic rings. The maximum absolute atomic E-state index is 11.2. The van der Waals surface area contributed by atoms with Crippen LogP contribution in [0.4, 0.5) is 0 Å². The summed E-state index contributed by atoms with van der Waals surface area (Å²) in [6, 6.07) is 7.59. The molecule has 58 valence electrons. The van der Waals surface area contributed by atoms with Crippen LogP contribution < -0.4 is 5.30 Å². The molecule has 0 aromatic heterocycles. The summed E-state index contributed by atoms with van der Waals surface area (Å²) in [5, 5.41) is 0.986. The second-order valence-corrected chi connectivity index (χ2v) is 2.99. The highest BCUT2D eigenvalue weighted by Gasteiger charge is 2.03. The first-order valence-electron chi connectivity index (χ1n) is 3.63. The lowest BCUT2D eigenvalue weighted by molar-refractivity contribution is 0.0989. The lowest BCUT2D eigenvalue weighted by Gasteiger charge is -2.00. The van der Waals surface area contributed by atoms with E-state index in [0.29, 0.717) is 6.42 Å². The van der Waals surface area contributed by atoms with Crippen LogP contribution in [0.15, 0.2) is 24.3 Å². The van der Waals surface area contributed by atoms with Crippen LogP contribution in [-0.4, -0.2) is 5.78 Å². The van der Waals surface area contributed by atoms with Crippen molar-refractivity contribution in [2.24, 2.45) is 0 Å². The van der Waals surface area contributed by atoms with Gasteiger partial charge in [0.05, 0.1) is 0 Å². The zero-order valence-electron chi connectivity index (χ0n) is 6.50. The van der Waals surface area contributed by atoms with Crippen LogP contribution in [-0.2, 0) is 0 Å². The Balaban J connectivity index is 3.03. The molecule has 1 unspecified atom stereocenters. The predicted octanol–water partition coefficient (Wildman–Crippen LogP) is 1.78. The Hall–Kier alpha value is -0.680. The Kier molecular flexibility index (Phi) is 2.78. The number of hydrogen-bond acceptors (Lipinski definition) is 1. The van der Waals surface area contributed by atoms with Gasteiger partial charge in [-0.2, -0.15) is 0 Å². The summed E-state index contributed by atoms with van der Waals surface area (Å²) in [6.07, 6.45) is 0.575. The molecule has 0 heterocycles. The van der Waals surface area contributed by atoms with Gasteiger partial charge in [-0.05, 0) is 5.30 Å². The Morgan fingerprint density at radius 3 is 2.64 bits per heavy atom. The van der Waals surface area contributed by atoms with Crippen LogP contribution in [0.5, 0.6) is 0 Å². The monoisotopic (exact) mass is 166 g/mol. The van der Waals surface area contributed by atoms with Crippen LogP contribution >= 0.6 is 9.24 Å². The minimum Gasteiger partial charge on any atom is -0.294 e. The first kappa shape index (κ1) is 8.42. The zero-order valence-corrected chi connectivity index (χ0v) is 7.66. The molecule has 1 nitrogen and oxygen atoms in total. The summed E-state index contributed by atoms with van der Waals surface area (Å²) >= 11 is 0. The summed E-state index contributed by atoms with van der Waals surface area (Å²) in [7, 11) is 2.56. The average Bonchev–Trinajstić information content (AvgIpc) is 2.04. The largest absolute Gasteiger partial charge is 0.294 e. The van der Waals surface area contributed by atoms with Gasteiger partial charge in [-0.1, -0.05) is 31.2 Å². The molecule has 1 rings (SSSR count). The average molecular weight is 166 g/mol. The van der Waals surface area contributed by atoms with Crippen molar-refractivity contribution in [2.45, 2.75) is 13.3 Å². The van der Waals surface area contributed by atoms with E-state index in [-0.39, 0.29) is 5.78 Å². The summed E-state index contributed by atoms with van der Waals surface area (Å²) in [6.45, 7) is 1.87. The molecule has 1 aromatic rings. The van der Waals surface area contributed by atoms with Crippen molar-refractivity contribution in [3.63, 3.8) is 0 Å². The molecule has 0 saturated carbocycles. The van der Waals surface area contributed by atoms with Gasteiger partial charge in [0.25, 0.3) is 0 Å². The highest BCUT2D eigenvalue weighted by atomic mass is 31.0. The molecule has 0 bridgehead atoms. The molecular weight excluding hydrogens is 155 g/mol. The molecule has 1 atom stereocenters. The van der Waals surface area contributed by atoms with Crippen LogP contribution in [0.2, 0.25) is 0 Å². The maximum Gasteiger partial charge on any atom is 0.163 e. The van der Waals surface area contributed by atoms with E-state index in [1.807, 2.05) is 31.2 Å². The number of ketones is 1. The number of Topliss-reactive ketones (excluding diaryl/α,β-unsaturated/α-hetero) is 1. The van der Waals surface area contributed by atoms with E-state index in [1.54, 1.807) is 0 Å². The maximum atomic E-state index is 11.2. The standard InChI is InChI=1S/C9H11OP/c1-2-8(10)7-5-3-4-6-9(7)11/h3-6H,2,11H2,1H3. The quantitative estimate of drug-likeness (QED) is 0.483. The highest BCUT2D eigenvalue weighted by Crippen LogP contribution is 2.03. The van der Waals surface area contributed by atoms with E-state index < -0.39 is 0 Å². The van der Waals surface area contributed by atoms with Crippen molar-refractivity contribution >= 4 is 20.3 Å². The van der Waals surface area contributed by atoms with Gasteiger partial charge in [-0.15, -0.1) is 9.24 Å². The Bertz CT molecular complexity index is 268. The normalized spacial score (nSPS) is 9.64. The lowest BCUT2D eigenvalue weighted by atomic mass is 10.1. The fraction of sp³-hybridized carbons (Fsp3) is 0.222. The summed E-state index contributed by atoms with van der Waals surface area (Å²) in [5.41, 5.74) is 0.819. The Morgan fingerprint density at radius 1 is 1.45 bits per heavy atom. The molecule has 0 N–H and O–H groups in total. The fourth-order valence-electron chi connectivity index (χ4n) is 0.941. The highest BCUT2D eigenvalue weighted by molar-refractivity contribution is 7.27. The summed E-state index contributed by atoms with van der Waals surface area (Å²) in [4.78, 5) is 11.2. The fourth-order valence-corrected chi connectivity index (χ4v) is 1.31. The van der Waals surface area contributed by atoms with E-state index in [4.69, 9.17) is 0 Å². The van der Waals surface area contributed by atoms with Gasteiger partial charge >= 0.3 is 0 Å². The van der Waals surface area contributed by atoms with E-state index in [2.05, 4.69) is 9.24 Å². The summed E-state index contributed by atoms with van der Waals surface area (Å²) in [5.74, 6) is 0.204. The van der Waals surface area contributed by atoms with E-state index in [0.717, 1.165) is 10.9 Å². The number of carbonyl (C=O) groups is 1. The predicted molar refractivity (Wildman–Crippen MR) is 50.4 cm³/mol. The molecule has 0 spiro atoms. The van der Waals surface area contributed by atoms with Crippen LogP contribution in [0, 0.1) is 0 Å². The van der Waals surface area contributed by atoms with Crippen molar-refractivity contribution in [3.8, 4) is 0 Å². The zero-order chi connectivity index (χ0) is 8.27. The molecule has 0 aliphatic carbocycles. The first-order valence-corrected chi connectivity index (χ1v) is 4.21. The third-order valence-corrected chi connectivity index (χ3v) is 2.09. The number of rotatable bonds is 2. The third-order valence-electron chi connectivity index (χ3n) is 1.58. The minimum atomic E-state index is 0.204. The van der Waals surface area contributed by atoms with Gasteiger partial charge in [-0.25, -0.2) is 0 Å². The molecular formula is C9H11OP. The second-order valence-electron chi connectivity index (χ2n) is 2.36. The second kappa shape index (κ2) is 3.64. The van der Waals surface area contributed by atoms with Gasteiger partial charge in [0, 0.05) is 12.0 Å². The Morgan fingerprint density at radius 2 is 2.09 bits per heavy atom. The van der Waals surface area contributed by atoms with E-state index in [1.165, 1.54) is 0 Å². The molecule has 0 amide bonds. The lowest BCUT2D eigenvalue weighted by Crippen LogP contribution is -2.07.